The van der Waals surface area contributed by atoms with Crippen molar-refractivity contribution >= 4 is 17.7 Å². The smallest absolute Gasteiger partial charge is 0.329 e. The normalized spacial score (nSPS) is 36.8. The fourth-order valence-corrected chi connectivity index (χ4v) is 6.53. The van der Waals surface area contributed by atoms with Crippen molar-refractivity contribution in [1.29, 1.82) is 0 Å². The zero-order chi connectivity index (χ0) is 18.4. The SMILES string of the molecule is O=C(OCC(=O)C12CC3CC(CC(C3)C1)C2)C1CCCN1c1ncccn1. The van der Waals surface area contributed by atoms with Crippen LogP contribution in [0.2, 0.25) is 0 Å². The average Bonchev–Trinajstić information content (AvgIpc) is 3.15. The van der Waals surface area contributed by atoms with Gasteiger partial charge in [-0.3, -0.25) is 4.79 Å². The van der Waals surface area contributed by atoms with Crippen LogP contribution in [0.1, 0.15) is 51.4 Å². The van der Waals surface area contributed by atoms with E-state index in [1.807, 2.05) is 4.90 Å². The van der Waals surface area contributed by atoms with Crippen molar-refractivity contribution in [3.63, 3.8) is 0 Å². The topological polar surface area (TPSA) is 72.4 Å². The van der Waals surface area contributed by atoms with Crippen LogP contribution >= 0.6 is 0 Å². The number of hydrogen-bond acceptors (Lipinski definition) is 6. The lowest BCUT2D eigenvalue weighted by Crippen LogP contribution is -2.51. The predicted octanol–water partition coefficient (Wildman–Crippen LogP) is 2.77. The van der Waals surface area contributed by atoms with Crippen LogP contribution in [0, 0.1) is 23.2 Å². The summed E-state index contributed by atoms with van der Waals surface area (Å²) in [6.07, 6.45) is 12.0. The second-order valence-electron chi connectivity index (χ2n) is 9.13. The number of ketones is 1. The summed E-state index contributed by atoms with van der Waals surface area (Å²) >= 11 is 0. The summed E-state index contributed by atoms with van der Waals surface area (Å²) in [5.41, 5.74) is -0.201. The molecule has 1 aromatic rings. The third-order valence-electron chi connectivity index (χ3n) is 7.31. The predicted molar refractivity (Wildman–Crippen MR) is 99.0 cm³/mol. The van der Waals surface area contributed by atoms with E-state index in [1.54, 1.807) is 18.5 Å². The van der Waals surface area contributed by atoms with Crippen molar-refractivity contribution in [2.24, 2.45) is 23.2 Å². The Morgan fingerprint density at radius 2 is 1.70 bits per heavy atom. The molecular weight excluding hydrogens is 342 g/mol. The summed E-state index contributed by atoms with van der Waals surface area (Å²) in [5.74, 6) is 2.57. The molecule has 1 saturated heterocycles. The molecule has 0 radical (unpaired) electrons. The van der Waals surface area contributed by atoms with Gasteiger partial charge in [-0.2, -0.15) is 0 Å². The maximum atomic E-state index is 13.1. The van der Waals surface area contributed by atoms with E-state index in [9.17, 15) is 9.59 Å². The molecule has 4 saturated carbocycles. The molecule has 1 atom stereocenters. The highest BCUT2D eigenvalue weighted by atomic mass is 16.5. The minimum absolute atomic E-state index is 0.0645. The third kappa shape index (κ3) is 3.03. The molecule has 27 heavy (non-hydrogen) atoms. The van der Waals surface area contributed by atoms with Crippen LogP contribution in [0.5, 0.6) is 0 Å². The fraction of sp³-hybridized carbons (Fsp3) is 0.714. The minimum Gasteiger partial charge on any atom is -0.456 e. The number of esters is 1. The molecule has 2 heterocycles. The maximum Gasteiger partial charge on any atom is 0.329 e. The number of Topliss-reactive ketones (excluding diaryl/α,β-unsaturated/α-hetero) is 1. The Hall–Kier alpha value is -1.98. The van der Waals surface area contributed by atoms with Gasteiger partial charge in [0.15, 0.2) is 12.4 Å². The van der Waals surface area contributed by atoms with Crippen LogP contribution in [0.4, 0.5) is 5.95 Å². The number of nitrogens with zero attached hydrogens (tertiary/aromatic N) is 3. The van der Waals surface area contributed by atoms with Crippen molar-refractivity contribution in [2.45, 2.75) is 57.4 Å². The molecule has 6 heteroatoms. The van der Waals surface area contributed by atoms with Crippen molar-refractivity contribution in [3.05, 3.63) is 18.5 Å². The summed E-state index contributed by atoms with van der Waals surface area (Å²) in [5, 5.41) is 0. The fourth-order valence-electron chi connectivity index (χ4n) is 6.53. The van der Waals surface area contributed by atoms with E-state index in [0.29, 0.717) is 5.95 Å². The van der Waals surface area contributed by atoms with Crippen LogP contribution in [0.15, 0.2) is 18.5 Å². The largest absolute Gasteiger partial charge is 0.456 e. The van der Waals surface area contributed by atoms with Gasteiger partial charge >= 0.3 is 5.97 Å². The summed E-state index contributed by atoms with van der Waals surface area (Å²) in [7, 11) is 0. The Kier molecular flexibility index (Phi) is 4.17. The van der Waals surface area contributed by atoms with E-state index in [0.717, 1.165) is 56.4 Å². The molecule has 0 aromatic carbocycles. The number of ether oxygens (including phenoxy) is 1. The number of carbonyl (C=O) groups is 2. The van der Waals surface area contributed by atoms with E-state index in [4.69, 9.17) is 4.74 Å². The van der Waals surface area contributed by atoms with E-state index in [-0.39, 0.29) is 29.8 Å². The van der Waals surface area contributed by atoms with Crippen molar-refractivity contribution in [2.75, 3.05) is 18.1 Å². The first-order valence-corrected chi connectivity index (χ1v) is 10.4. The Bertz CT molecular complexity index is 700. The molecule has 1 aromatic heterocycles. The number of carbonyl (C=O) groups excluding carboxylic acids is 2. The molecule has 1 unspecified atom stereocenters. The summed E-state index contributed by atoms with van der Waals surface area (Å²) < 4.78 is 5.54. The first-order valence-electron chi connectivity index (χ1n) is 10.4. The van der Waals surface area contributed by atoms with E-state index >= 15 is 0 Å². The van der Waals surface area contributed by atoms with E-state index in [2.05, 4.69) is 9.97 Å². The van der Waals surface area contributed by atoms with Gasteiger partial charge in [-0.05, 0) is 75.2 Å². The first-order chi connectivity index (χ1) is 13.1. The average molecular weight is 369 g/mol. The molecule has 0 spiro atoms. The Labute approximate surface area is 159 Å². The first kappa shape index (κ1) is 17.1. The molecule has 1 aliphatic heterocycles. The van der Waals surface area contributed by atoms with Crippen LogP contribution in [0.3, 0.4) is 0 Å². The number of aromatic nitrogens is 2. The van der Waals surface area contributed by atoms with Gasteiger partial charge in [-0.25, -0.2) is 14.8 Å². The van der Waals surface area contributed by atoms with Crippen LogP contribution in [-0.2, 0) is 14.3 Å². The molecule has 6 rings (SSSR count). The molecule has 0 N–H and O–H groups in total. The second kappa shape index (κ2) is 6.57. The highest BCUT2D eigenvalue weighted by Crippen LogP contribution is 2.60. The lowest BCUT2D eigenvalue weighted by molar-refractivity contribution is -0.158. The summed E-state index contributed by atoms with van der Waals surface area (Å²) in [6, 6.07) is 1.38. The maximum absolute atomic E-state index is 13.1. The molecule has 0 amide bonds. The van der Waals surface area contributed by atoms with Gasteiger partial charge in [0, 0.05) is 24.4 Å². The van der Waals surface area contributed by atoms with Gasteiger partial charge in [0.05, 0.1) is 0 Å². The van der Waals surface area contributed by atoms with Crippen molar-refractivity contribution in [1.82, 2.24) is 9.97 Å². The Balaban J connectivity index is 1.22. The lowest BCUT2D eigenvalue weighted by atomic mass is 9.48. The zero-order valence-electron chi connectivity index (χ0n) is 15.7. The van der Waals surface area contributed by atoms with Crippen molar-refractivity contribution < 1.29 is 14.3 Å². The number of rotatable bonds is 5. The van der Waals surface area contributed by atoms with Gasteiger partial charge in [0.25, 0.3) is 0 Å². The molecule has 4 bridgehead atoms. The lowest BCUT2D eigenvalue weighted by Gasteiger charge is -2.55. The monoisotopic (exact) mass is 369 g/mol. The van der Waals surface area contributed by atoms with Crippen LogP contribution in [0.25, 0.3) is 0 Å². The molecule has 144 valence electrons. The Morgan fingerprint density at radius 1 is 1.07 bits per heavy atom. The summed E-state index contributed by atoms with van der Waals surface area (Å²) in [4.78, 5) is 36.2. The van der Waals surface area contributed by atoms with E-state index < -0.39 is 0 Å². The molecule has 5 aliphatic rings. The van der Waals surface area contributed by atoms with Gasteiger partial charge in [0.2, 0.25) is 5.95 Å². The highest BCUT2D eigenvalue weighted by molar-refractivity contribution is 5.89. The number of anilines is 1. The standard InChI is InChI=1S/C21H27N3O3/c25-18(21-10-14-7-15(11-21)9-16(8-14)12-21)13-27-19(26)17-3-1-6-24(17)20-22-4-2-5-23-20/h2,4-5,14-17H,1,3,6-13H2. The second-order valence-corrected chi connectivity index (χ2v) is 9.13. The van der Waals surface area contributed by atoms with Crippen molar-refractivity contribution in [3.8, 4) is 0 Å². The molecule has 4 aliphatic carbocycles. The quantitative estimate of drug-likeness (QED) is 0.743. The van der Waals surface area contributed by atoms with Gasteiger partial charge in [-0.1, -0.05) is 0 Å². The van der Waals surface area contributed by atoms with Crippen LogP contribution in [-0.4, -0.2) is 40.9 Å². The highest BCUT2D eigenvalue weighted by Gasteiger charge is 2.54. The third-order valence-corrected chi connectivity index (χ3v) is 7.31. The van der Waals surface area contributed by atoms with Gasteiger partial charge in [0.1, 0.15) is 6.04 Å². The molecule has 6 nitrogen and oxygen atoms in total. The Morgan fingerprint density at radius 3 is 2.33 bits per heavy atom. The number of hydrogen-bond donors (Lipinski definition) is 0. The molecule has 5 fully saturated rings. The van der Waals surface area contributed by atoms with Gasteiger partial charge < -0.3 is 9.64 Å². The molecular formula is C21H27N3O3. The van der Waals surface area contributed by atoms with E-state index in [1.165, 1.54) is 19.3 Å². The minimum atomic E-state index is -0.378. The van der Waals surface area contributed by atoms with Gasteiger partial charge in [-0.15, -0.1) is 0 Å². The summed E-state index contributed by atoms with van der Waals surface area (Å²) in [6.45, 7) is 0.678. The van der Waals surface area contributed by atoms with Crippen LogP contribution < -0.4 is 4.90 Å². The zero-order valence-corrected chi connectivity index (χ0v) is 15.7.